The van der Waals surface area contributed by atoms with Crippen LogP contribution in [0.2, 0.25) is 5.15 Å². The van der Waals surface area contributed by atoms with E-state index >= 15 is 0 Å². The van der Waals surface area contributed by atoms with E-state index in [9.17, 15) is 10.1 Å². The lowest BCUT2D eigenvalue weighted by Crippen LogP contribution is -1.94. The molecule has 0 aromatic carbocycles. The molecule has 0 amide bonds. The molecule has 0 spiro atoms. The van der Waals surface area contributed by atoms with E-state index in [0.717, 1.165) is 10.9 Å². The van der Waals surface area contributed by atoms with Gasteiger partial charge in [0.05, 0.1) is 4.92 Å². The minimum atomic E-state index is -0.535. The predicted molar refractivity (Wildman–Crippen MR) is 53.4 cm³/mol. The van der Waals surface area contributed by atoms with Crippen LogP contribution in [-0.2, 0) is 6.42 Å². The zero-order valence-electron chi connectivity index (χ0n) is 6.54. The van der Waals surface area contributed by atoms with E-state index in [1.165, 1.54) is 12.3 Å². The lowest BCUT2D eigenvalue weighted by atomic mass is 10.2. The van der Waals surface area contributed by atoms with Crippen LogP contribution in [0.1, 0.15) is 5.56 Å². The van der Waals surface area contributed by atoms with Gasteiger partial charge in [-0.1, -0.05) is 27.5 Å². The first-order valence-electron chi connectivity index (χ1n) is 3.50. The van der Waals surface area contributed by atoms with Crippen molar-refractivity contribution in [3.05, 3.63) is 33.1 Å². The molecule has 0 bridgehead atoms. The van der Waals surface area contributed by atoms with Gasteiger partial charge in [0.2, 0.25) is 5.15 Å². The average molecular weight is 265 g/mol. The Morgan fingerprint density at radius 3 is 2.92 bits per heavy atom. The number of hydrogen-bond acceptors (Lipinski definition) is 3. The molecule has 70 valence electrons. The standard InChI is InChI=1S/C7H6BrClN2O2/c8-2-1-5-3-6(11(12)13)7(9)10-4-5/h3-4H,1-2H2. The van der Waals surface area contributed by atoms with Gasteiger partial charge in [0.15, 0.2) is 0 Å². The number of hydrogen-bond donors (Lipinski definition) is 0. The van der Waals surface area contributed by atoms with Crippen molar-refractivity contribution in [3.8, 4) is 0 Å². The SMILES string of the molecule is O=[N+]([O-])c1cc(CCBr)cnc1Cl. The topological polar surface area (TPSA) is 56.0 Å². The number of rotatable bonds is 3. The van der Waals surface area contributed by atoms with Crippen LogP contribution in [0, 0.1) is 10.1 Å². The molecule has 1 aromatic heterocycles. The maximum atomic E-state index is 10.4. The zero-order chi connectivity index (χ0) is 9.84. The van der Waals surface area contributed by atoms with Crippen LogP contribution in [-0.4, -0.2) is 15.2 Å². The van der Waals surface area contributed by atoms with E-state index in [1.807, 2.05) is 0 Å². The minimum Gasteiger partial charge on any atom is -0.258 e. The van der Waals surface area contributed by atoms with Crippen molar-refractivity contribution in [2.75, 3.05) is 5.33 Å². The van der Waals surface area contributed by atoms with E-state index < -0.39 is 4.92 Å². The summed E-state index contributed by atoms with van der Waals surface area (Å²) in [5.74, 6) is 0. The number of nitro groups is 1. The van der Waals surface area contributed by atoms with Crippen molar-refractivity contribution in [2.45, 2.75) is 6.42 Å². The summed E-state index contributed by atoms with van der Waals surface area (Å²) in [5.41, 5.74) is 0.660. The van der Waals surface area contributed by atoms with Crippen LogP contribution in [0.25, 0.3) is 0 Å². The Balaban J connectivity index is 3.04. The van der Waals surface area contributed by atoms with Crippen LogP contribution in [0.3, 0.4) is 0 Å². The fourth-order valence-corrected chi connectivity index (χ4v) is 1.48. The molecule has 1 aromatic rings. The molecular formula is C7H6BrClN2O2. The van der Waals surface area contributed by atoms with Gasteiger partial charge < -0.3 is 0 Å². The van der Waals surface area contributed by atoms with Crippen molar-refractivity contribution >= 4 is 33.2 Å². The third-order valence-corrected chi connectivity index (χ3v) is 2.14. The first-order chi connectivity index (χ1) is 6.15. The van der Waals surface area contributed by atoms with Gasteiger partial charge in [-0.05, 0) is 12.0 Å². The fraction of sp³-hybridized carbons (Fsp3) is 0.286. The largest absolute Gasteiger partial charge is 0.306 e. The van der Waals surface area contributed by atoms with Crippen LogP contribution in [0.4, 0.5) is 5.69 Å². The highest BCUT2D eigenvalue weighted by Gasteiger charge is 2.13. The van der Waals surface area contributed by atoms with Crippen LogP contribution >= 0.6 is 27.5 Å². The lowest BCUT2D eigenvalue weighted by Gasteiger charge is -1.98. The van der Waals surface area contributed by atoms with E-state index in [2.05, 4.69) is 20.9 Å². The highest BCUT2D eigenvalue weighted by atomic mass is 79.9. The summed E-state index contributed by atoms with van der Waals surface area (Å²) < 4.78 is 0. The number of halogens is 2. The Hall–Kier alpha value is -0.680. The molecule has 0 saturated heterocycles. The normalized spacial score (nSPS) is 10.0. The van der Waals surface area contributed by atoms with Crippen LogP contribution in [0.15, 0.2) is 12.3 Å². The van der Waals surface area contributed by atoms with Crippen molar-refractivity contribution in [3.63, 3.8) is 0 Å². The quantitative estimate of drug-likeness (QED) is 0.365. The first kappa shape index (κ1) is 10.4. The fourth-order valence-electron chi connectivity index (χ4n) is 0.852. The Bertz CT molecular complexity index is 332. The number of nitrogens with zero attached hydrogens (tertiary/aromatic N) is 2. The molecule has 13 heavy (non-hydrogen) atoms. The average Bonchev–Trinajstić information content (AvgIpc) is 2.08. The summed E-state index contributed by atoms with van der Waals surface area (Å²) in [4.78, 5) is 13.6. The molecule has 0 saturated carbocycles. The smallest absolute Gasteiger partial charge is 0.258 e. The van der Waals surface area contributed by atoms with E-state index in [-0.39, 0.29) is 10.8 Å². The second-order valence-electron chi connectivity index (χ2n) is 2.35. The van der Waals surface area contributed by atoms with Gasteiger partial charge in [0.25, 0.3) is 0 Å². The second kappa shape index (κ2) is 4.53. The molecule has 4 nitrogen and oxygen atoms in total. The summed E-state index contributed by atoms with van der Waals surface area (Å²) in [7, 11) is 0. The molecule has 1 heterocycles. The van der Waals surface area contributed by atoms with E-state index in [0.29, 0.717) is 6.42 Å². The number of alkyl halides is 1. The van der Waals surface area contributed by atoms with Gasteiger partial charge in [-0.3, -0.25) is 10.1 Å². The Morgan fingerprint density at radius 2 is 2.38 bits per heavy atom. The Labute approximate surface area is 88.2 Å². The monoisotopic (exact) mass is 264 g/mol. The van der Waals surface area contributed by atoms with Crippen molar-refractivity contribution < 1.29 is 4.92 Å². The first-order valence-corrected chi connectivity index (χ1v) is 5.00. The maximum absolute atomic E-state index is 10.4. The van der Waals surface area contributed by atoms with Gasteiger partial charge in [0, 0.05) is 17.6 Å². The molecule has 0 unspecified atom stereocenters. The van der Waals surface area contributed by atoms with E-state index in [4.69, 9.17) is 11.6 Å². The third-order valence-electron chi connectivity index (χ3n) is 1.46. The molecule has 0 aliphatic carbocycles. The summed E-state index contributed by atoms with van der Waals surface area (Å²) in [6.45, 7) is 0. The van der Waals surface area contributed by atoms with Crippen molar-refractivity contribution in [1.29, 1.82) is 0 Å². The van der Waals surface area contributed by atoms with Gasteiger partial charge in [-0.15, -0.1) is 0 Å². The summed E-state index contributed by atoms with van der Waals surface area (Å²) >= 11 is 8.76. The van der Waals surface area contributed by atoms with Crippen molar-refractivity contribution in [2.24, 2.45) is 0 Å². The minimum absolute atomic E-state index is 0.0664. The van der Waals surface area contributed by atoms with E-state index in [1.54, 1.807) is 0 Å². The Morgan fingerprint density at radius 1 is 1.69 bits per heavy atom. The molecule has 0 N–H and O–H groups in total. The predicted octanol–water partition coefficient (Wildman–Crippen LogP) is 2.58. The molecule has 0 aliphatic heterocycles. The van der Waals surface area contributed by atoms with Gasteiger partial charge >= 0.3 is 5.69 Å². The number of pyridine rings is 1. The molecule has 1 rings (SSSR count). The van der Waals surface area contributed by atoms with Crippen LogP contribution in [0.5, 0.6) is 0 Å². The molecule has 6 heteroatoms. The summed E-state index contributed by atoms with van der Waals surface area (Å²) in [6, 6.07) is 1.44. The van der Waals surface area contributed by atoms with Crippen LogP contribution < -0.4 is 0 Å². The lowest BCUT2D eigenvalue weighted by molar-refractivity contribution is -0.385. The summed E-state index contributed by atoms with van der Waals surface area (Å²) in [5, 5.41) is 11.1. The third kappa shape index (κ3) is 2.63. The Kier molecular flexibility index (Phi) is 3.62. The molecule has 0 aliphatic rings. The number of aryl methyl sites for hydroxylation is 1. The molecule has 0 radical (unpaired) electrons. The molecule has 0 fully saturated rings. The summed E-state index contributed by atoms with van der Waals surface area (Å²) in [6.07, 6.45) is 2.24. The second-order valence-corrected chi connectivity index (χ2v) is 3.50. The van der Waals surface area contributed by atoms with Gasteiger partial charge in [0.1, 0.15) is 0 Å². The maximum Gasteiger partial charge on any atom is 0.306 e. The van der Waals surface area contributed by atoms with Crippen molar-refractivity contribution in [1.82, 2.24) is 4.98 Å². The highest BCUT2D eigenvalue weighted by molar-refractivity contribution is 9.09. The van der Waals surface area contributed by atoms with Gasteiger partial charge in [-0.25, -0.2) is 4.98 Å². The molecule has 0 atom stereocenters. The molecular weight excluding hydrogens is 259 g/mol. The van der Waals surface area contributed by atoms with Gasteiger partial charge in [-0.2, -0.15) is 0 Å². The zero-order valence-corrected chi connectivity index (χ0v) is 8.88. The number of aromatic nitrogens is 1. The highest BCUT2D eigenvalue weighted by Crippen LogP contribution is 2.22.